The summed E-state index contributed by atoms with van der Waals surface area (Å²) in [4.78, 5) is 11.9. The van der Waals surface area contributed by atoms with E-state index < -0.39 is 11.5 Å². The summed E-state index contributed by atoms with van der Waals surface area (Å²) >= 11 is 3.45. The zero-order chi connectivity index (χ0) is 15.5. The Morgan fingerprint density at radius 1 is 1.19 bits per heavy atom. The van der Waals surface area contributed by atoms with Crippen LogP contribution in [0.1, 0.15) is 25.5 Å². The highest BCUT2D eigenvalue weighted by atomic mass is 79.9. The molecule has 0 unspecified atom stereocenters. The largest absolute Gasteiger partial charge is 0.493 e. The second-order valence-electron chi connectivity index (χ2n) is 4.92. The average Bonchev–Trinajstić information content (AvgIpc) is 2.44. The summed E-state index contributed by atoms with van der Waals surface area (Å²) in [6.45, 7) is 3.49. The normalized spacial score (nSPS) is 12.1. The number of hydrogen-bond acceptors (Lipinski definition) is 5. The molecular formula is C14H21BrClNO4. The van der Waals surface area contributed by atoms with E-state index in [0.717, 1.165) is 10.0 Å². The molecule has 1 atom stereocenters. The van der Waals surface area contributed by atoms with Crippen molar-refractivity contribution in [2.45, 2.75) is 19.9 Å². The molecule has 7 heteroatoms. The number of esters is 1. The molecule has 120 valence electrons. The summed E-state index contributed by atoms with van der Waals surface area (Å²) in [5.41, 5.74) is 6.12. The summed E-state index contributed by atoms with van der Waals surface area (Å²) in [6.07, 6.45) is 0. The van der Waals surface area contributed by atoms with Crippen LogP contribution in [0.25, 0.3) is 0 Å². The lowest BCUT2D eigenvalue weighted by atomic mass is 9.81. The van der Waals surface area contributed by atoms with E-state index in [1.807, 2.05) is 0 Å². The van der Waals surface area contributed by atoms with Crippen LogP contribution in [-0.2, 0) is 9.53 Å². The van der Waals surface area contributed by atoms with Gasteiger partial charge in [-0.25, -0.2) is 0 Å². The molecule has 0 fully saturated rings. The van der Waals surface area contributed by atoms with Gasteiger partial charge in [0, 0.05) is 10.5 Å². The molecule has 5 nitrogen and oxygen atoms in total. The number of rotatable bonds is 5. The molecule has 0 radical (unpaired) electrons. The molecule has 1 rings (SSSR count). The SMILES string of the molecule is COC(=O)C(C)(C)[C@@H](N)c1cc(OC)c(OC)cc1Br.Cl. The Morgan fingerprint density at radius 3 is 2.10 bits per heavy atom. The molecule has 0 heterocycles. The Bertz CT molecular complexity index is 508. The van der Waals surface area contributed by atoms with Crippen LogP contribution in [0.3, 0.4) is 0 Å². The molecule has 0 aromatic heterocycles. The lowest BCUT2D eigenvalue weighted by Crippen LogP contribution is -2.37. The lowest BCUT2D eigenvalue weighted by Gasteiger charge is -2.30. The van der Waals surface area contributed by atoms with E-state index in [-0.39, 0.29) is 18.4 Å². The van der Waals surface area contributed by atoms with Crippen molar-refractivity contribution in [3.05, 3.63) is 22.2 Å². The predicted octanol–water partition coefficient (Wildman–Crippen LogP) is 3.09. The Morgan fingerprint density at radius 2 is 1.67 bits per heavy atom. The van der Waals surface area contributed by atoms with Gasteiger partial charge in [-0.1, -0.05) is 15.9 Å². The first-order chi connectivity index (χ1) is 9.29. The van der Waals surface area contributed by atoms with Gasteiger partial charge in [0.2, 0.25) is 0 Å². The molecule has 0 saturated heterocycles. The minimum Gasteiger partial charge on any atom is -0.493 e. The van der Waals surface area contributed by atoms with Crippen molar-refractivity contribution in [3.63, 3.8) is 0 Å². The predicted molar refractivity (Wildman–Crippen MR) is 87.2 cm³/mol. The second kappa shape index (κ2) is 7.87. The van der Waals surface area contributed by atoms with Crippen LogP contribution in [0.5, 0.6) is 11.5 Å². The number of nitrogens with two attached hydrogens (primary N) is 1. The number of halogens is 2. The third-order valence-electron chi connectivity index (χ3n) is 3.33. The fourth-order valence-electron chi connectivity index (χ4n) is 1.89. The van der Waals surface area contributed by atoms with Gasteiger partial charge in [0.25, 0.3) is 0 Å². The van der Waals surface area contributed by atoms with Crippen molar-refractivity contribution in [1.82, 2.24) is 0 Å². The topological polar surface area (TPSA) is 70.8 Å². The molecule has 1 aromatic rings. The van der Waals surface area contributed by atoms with Crippen LogP contribution < -0.4 is 15.2 Å². The minimum absolute atomic E-state index is 0. The van der Waals surface area contributed by atoms with Gasteiger partial charge in [-0.05, 0) is 31.5 Å². The van der Waals surface area contributed by atoms with E-state index in [1.54, 1.807) is 40.2 Å². The maximum Gasteiger partial charge on any atom is 0.313 e. The molecular weight excluding hydrogens is 362 g/mol. The highest BCUT2D eigenvalue weighted by molar-refractivity contribution is 9.10. The minimum atomic E-state index is -0.864. The molecule has 0 amide bonds. The molecule has 0 saturated carbocycles. The van der Waals surface area contributed by atoms with Crippen LogP contribution in [-0.4, -0.2) is 27.3 Å². The summed E-state index contributed by atoms with van der Waals surface area (Å²) in [5.74, 6) is 0.777. The summed E-state index contributed by atoms with van der Waals surface area (Å²) < 4.78 is 16.0. The Balaban J connectivity index is 0.00000400. The van der Waals surface area contributed by atoms with Crippen molar-refractivity contribution < 1.29 is 19.0 Å². The first kappa shape index (κ1) is 20.0. The second-order valence-corrected chi connectivity index (χ2v) is 5.77. The fraction of sp³-hybridized carbons (Fsp3) is 0.500. The number of carbonyl (C=O) groups excluding carboxylic acids is 1. The number of ether oxygens (including phenoxy) is 3. The van der Waals surface area contributed by atoms with E-state index >= 15 is 0 Å². The third-order valence-corrected chi connectivity index (χ3v) is 4.01. The first-order valence-corrected chi connectivity index (χ1v) is 6.84. The van der Waals surface area contributed by atoms with Crippen LogP contribution >= 0.6 is 28.3 Å². The van der Waals surface area contributed by atoms with Crippen molar-refractivity contribution in [1.29, 1.82) is 0 Å². The maximum absolute atomic E-state index is 11.9. The summed E-state index contributed by atoms with van der Waals surface area (Å²) in [7, 11) is 4.45. The van der Waals surface area contributed by atoms with E-state index in [0.29, 0.717) is 11.5 Å². The van der Waals surface area contributed by atoms with E-state index in [1.165, 1.54) is 7.11 Å². The number of methoxy groups -OCH3 is 3. The molecule has 2 N–H and O–H groups in total. The van der Waals surface area contributed by atoms with Crippen LogP contribution in [0.15, 0.2) is 16.6 Å². The molecule has 0 aliphatic rings. The highest BCUT2D eigenvalue weighted by Crippen LogP contribution is 2.41. The zero-order valence-corrected chi connectivity index (χ0v) is 15.1. The van der Waals surface area contributed by atoms with Crippen LogP contribution in [0.2, 0.25) is 0 Å². The fourth-order valence-corrected chi connectivity index (χ4v) is 2.46. The van der Waals surface area contributed by atoms with Gasteiger partial charge < -0.3 is 19.9 Å². The number of benzene rings is 1. The number of carbonyl (C=O) groups is 1. The van der Waals surface area contributed by atoms with E-state index in [4.69, 9.17) is 19.9 Å². The summed E-state index contributed by atoms with van der Waals surface area (Å²) in [5, 5.41) is 0. The Kier molecular flexibility index (Phi) is 7.50. The Labute approximate surface area is 139 Å². The lowest BCUT2D eigenvalue weighted by molar-refractivity contribution is -0.152. The Hall–Kier alpha value is -0.980. The third kappa shape index (κ3) is 4.02. The smallest absolute Gasteiger partial charge is 0.313 e. The molecule has 0 aliphatic heterocycles. The van der Waals surface area contributed by atoms with Gasteiger partial charge in [0.15, 0.2) is 11.5 Å². The zero-order valence-electron chi connectivity index (χ0n) is 12.7. The van der Waals surface area contributed by atoms with Gasteiger partial charge in [0.1, 0.15) is 0 Å². The standard InChI is InChI=1S/C14H20BrNO4.ClH/c1-14(2,13(17)20-5)12(16)8-6-10(18-3)11(19-4)7-9(8)15;/h6-7,12H,16H2,1-5H3;1H/t12-;/m0./s1. The molecule has 0 spiro atoms. The van der Waals surface area contributed by atoms with E-state index in [9.17, 15) is 4.79 Å². The van der Waals surface area contributed by atoms with Gasteiger partial charge in [0.05, 0.1) is 26.7 Å². The van der Waals surface area contributed by atoms with Crippen LogP contribution in [0, 0.1) is 5.41 Å². The highest BCUT2D eigenvalue weighted by Gasteiger charge is 2.37. The maximum atomic E-state index is 11.9. The molecule has 0 aliphatic carbocycles. The van der Waals surface area contributed by atoms with Gasteiger partial charge in [-0.15, -0.1) is 12.4 Å². The van der Waals surface area contributed by atoms with Crippen LogP contribution in [0.4, 0.5) is 0 Å². The monoisotopic (exact) mass is 381 g/mol. The van der Waals surface area contributed by atoms with Gasteiger partial charge in [-0.2, -0.15) is 0 Å². The van der Waals surface area contributed by atoms with Crippen molar-refractivity contribution in [2.75, 3.05) is 21.3 Å². The van der Waals surface area contributed by atoms with Gasteiger partial charge in [-0.3, -0.25) is 4.79 Å². The van der Waals surface area contributed by atoms with Gasteiger partial charge >= 0.3 is 5.97 Å². The first-order valence-electron chi connectivity index (χ1n) is 6.05. The average molecular weight is 383 g/mol. The molecule has 21 heavy (non-hydrogen) atoms. The molecule has 0 bridgehead atoms. The number of hydrogen-bond donors (Lipinski definition) is 1. The molecule has 1 aromatic carbocycles. The quantitative estimate of drug-likeness (QED) is 0.792. The van der Waals surface area contributed by atoms with Crippen molar-refractivity contribution in [3.8, 4) is 11.5 Å². The summed E-state index contributed by atoms with van der Waals surface area (Å²) in [6, 6.07) is 2.98. The van der Waals surface area contributed by atoms with E-state index in [2.05, 4.69) is 15.9 Å². The van der Waals surface area contributed by atoms with Crippen molar-refractivity contribution >= 4 is 34.3 Å². The van der Waals surface area contributed by atoms with Crippen molar-refractivity contribution in [2.24, 2.45) is 11.1 Å².